The first-order chi connectivity index (χ1) is 27.2. The topological polar surface area (TPSA) is 43.6 Å². The third-order valence-electron chi connectivity index (χ3n) is 9.61. The van der Waals surface area contributed by atoms with Crippen molar-refractivity contribution in [3.63, 3.8) is 0 Å². The van der Waals surface area contributed by atoms with Crippen molar-refractivity contribution in [1.29, 1.82) is 0 Å². The molecule has 10 rings (SSSR count). The van der Waals surface area contributed by atoms with E-state index >= 15 is 0 Å². The van der Waals surface area contributed by atoms with E-state index < -0.39 is 0 Å². The zero-order valence-corrected chi connectivity index (χ0v) is 33.6. The first kappa shape index (κ1) is 36.7. The van der Waals surface area contributed by atoms with Gasteiger partial charge in [0.1, 0.15) is 0 Å². The molecule has 6 heteroatoms. The molecule has 0 amide bonds. The zero-order chi connectivity index (χ0) is 37.0. The van der Waals surface area contributed by atoms with Crippen LogP contribution in [0.25, 0.3) is 82.8 Å². The third-order valence-corrected chi connectivity index (χ3v) is 10.5. The van der Waals surface area contributed by atoms with Crippen LogP contribution >= 0.6 is 11.3 Å². The van der Waals surface area contributed by atoms with Gasteiger partial charge in [-0.15, -0.1) is 41.3 Å². The number of aromatic nitrogens is 4. The maximum absolute atomic E-state index is 5.30. The molecule has 1 radical (unpaired) electrons. The normalized spacial score (nSPS) is 10.8. The third kappa shape index (κ3) is 7.38. The van der Waals surface area contributed by atoms with E-state index in [4.69, 9.17) is 4.98 Å². The molecule has 0 unspecified atom stereocenters. The molecule has 0 spiro atoms. The van der Waals surface area contributed by atoms with Gasteiger partial charge in [0.05, 0.1) is 22.5 Å². The van der Waals surface area contributed by atoms with Crippen molar-refractivity contribution in [2.75, 3.05) is 0 Å². The van der Waals surface area contributed by atoms with E-state index in [1.165, 1.54) is 4.70 Å². The van der Waals surface area contributed by atoms with Crippen LogP contribution in [0.1, 0.15) is 5.69 Å². The predicted molar refractivity (Wildman–Crippen MR) is 228 cm³/mol. The first-order valence-corrected chi connectivity index (χ1v) is 19.0. The number of rotatable bonds is 6. The molecule has 0 saturated carbocycles. The standard InChI is InChI=1S/C39H26N3S.C11H8N.Ir/c1-26-23-30(21-22-40-26)29-19-20-37-33(24-29)34(25-43-37)39-41-35-17-8-9-18-36(35)42(39)38-31(27-11-4-2-5-12-27)15-10-16-32(38)28-13-6-3-7-14-28;1-2-6-10(7-3-1)11-8-4-5-9-12-11;/h2-24H,1H3;1-6,8-9H;/q2*-1;. The van der Waals surface area contributed by atoms with E-state index in [1.54, 1.807) is 17.5 Å². The van der Waals surface area contributed by atoms with Gasteiger partial charge in [0, 0.05) is 49.3 Å². The molecule has 56 heavy (non-hydrogen) atoms. The van der Waals surface area contributed by atoms with Crippen LogP contribution in [0, 0.1) is 18.4 Å². The van der Waals surface area contributed by atoms with Crippen LogP contribution < -0.4 is 0 Å². The minimum atomic E-state index is 0. The first-order valence-electron chi connectivity index (χ1n) is 18.2. The minimum absolute atomic E-state index is 0. The van der Waals surface area contributed by atoms with Gasteiger partial charge >= 0.3 is 0 Å². The summed E-state index contributed by atoms with van der Waals surface area (Å²) >= 11 is 1.64. The van der Waals surface area contributed by atoms with Gasteiger partial charge in [-0.3, -0.25) is 21.3 Å². The molecular formula is C50H34IrN4S-2. The largest absolute Gasteiger partial charge is 0.332 e. The Kier molecular flexibility index (Phi) is 10.9. The minimum Gasteiger partial charge on any atom is -0.332 e. The summed E-state index contributed by atoms with van der Waals surface area (Å²) < 4.78 is 3.53. The van der Waals surface area contributed by atoms with Crippen LogP contribution in [0.15, 0.2) is 188 Å². The quantitative estimate of drug-likeness (QED) is 0.156. The summed E-state index contributed by atoms with van der Waals surface area (Å²) in [6.07, 6.45) is 3.66. The summed E-state index contributed by atoms with van der Waals surface area (Å²) in [7, 11) is 0. The van der Waals surface area contributed by atoms with Gasteiger partial charge < -0.3 is 9.55 Å². The number of hydrogen-bond donors (Lipinski definition) is 0. The van der Waals surface area contributed by atoms with Crippen LogP contribution in [0.3, 0.4) is 0 Å². The van der Waals surface area contributed by atoms with Gasteiger partial charge in [-0.1, -0.05) is 137 Å². The number of nitrogens with zero attached hydrogens (tertiary/aromatic N) is 4. The maximum atomic E-state index is 5.30. The number of pyridine rings is 2. The molecular weight excluding hydrogens is 881 g/mol. The van der Waals surface area contributed by atoms with Gasteiger partial charge in [0.15, 0.2) is 0 Å². The smallest absolute Gasteiger partial charge is 0.0774 e. The Hall–Kier alpha value is -6.30. The fourth-order valence-corrected chi connectivity index (χ4v) is 7.85. The second-order valence-corrected chi connectivity index (χ2v) is 14.0. The fraction of sp³-hybridized carbons (Fsp3) is 0.0200. The van der Waals surface area contributed by atoms with Crippen molar-refractivity contribution in [3.8, 4) is 61.7 Å². The number of hydrogen-bond acceptors (Lipinski definition) is 4. The van der Waals surface area contributed by atoms with E-state index in [2.05, 4.69) is 159 Å². The fourth-order valence-electron chi connectivity index (χ4n) is 7.03. The van der Waals surface area contributed by atoms with Crippen LogP contribution in [0.2, 0.25) is 0 Å². The monoisotopic (exact) mass is 915 g/mol. The summed E-state index contributed by atoms with van der Waals surface area (Å²) in [5, 5.41) is 4.80. The number of imidazole rings is 1. The summed E-state index contributed by atoms with van der Waals surface area (Å²) in [6, 6.07) is 64.0. The Balaban J connectivity index is 0.000000290. The van der Waals surface area contributed by atoms with Crippen molar-refractivity contribution in [3.05, 3.63) is 205 Å². The van der Waals surface area contributed by atoms with Crippen molar-refractivity contribution in [2.45, 2.75) is 6.92 Å². The molecule has 4 nitrogen and oxygen atoms in total. The van der Waals surface area contributed by atoms with Gasteiger partial charge in [-0.05, 0) is 65.2 Å². The Morgan fingerprint density at radius 3 is 1.96 bits per heavy atom. The number of aryl methyl sites for hydroxylation is 1. The molecule has 0 fully saturated rings. The van der Waals surface area contributed by atoms with Crippen LogP contribution in [0.4, 0.5) is 0 Å². The maximum Gasteiger partial charge on any atom is 0.0774 e. The van der Waals surface area contributed by atoms with Crippen LogP contribution in [-0.4, -0.2) is 19.5 Å². The molecule has 0 saturated heterocycles. The van der Waals surface area contributed by atoms with Gasteiger partial charge in [-0.2, -0.15) is 0 Å². The number of thiophene rings is 1. The molecule has 10 aromatic rings. The van der Waals surface area contributed by atoms with Gasteiger partial charge in [0.2, 0.25) is 0 Å². The van der Waals surface area contributed by atoms with Crippen LogP contribution in [-0.2, 0) is 20.1 Å². The van der Waals surface area contributed by atoms with Crippen molar-refractivity contribution in [2.24, 2.45) is 0 Å². The SMILES string of the molecule is Cc1cc(-c2ccc3s[c-]c(-c4nc5ccccc5n4-c4c(-c5ccccc5)cccc4-c4ccccc4)c3c2)ccn1.[Ir].[c-]1ccccc1-c1ccccn1. The molecule has 4 aromatic heterocycles. The zero-order valence-electron chi connectivity index (χ0n) is 30.4. The summed E-state index contributed by atoms with van der Waals surface area (Å²) in [5.41, 5.74) is 14.1. The summed E-state index contributed by atoms with van der Waals surface area (Å²) in [4.78, 5) is 13.9. The second kappa shape index (κ2) is 16.6. The molecule has 6 aromatic carbocycles. The number of benzene rings is 6. The molecule has 0 bridgehead atoms. The Labute approximate surface area is 344 Å². The average Bonchev–Trinajstić information content (AvgIpc) is 3.86. The van der Waals surface area contributed by atoms with E-state index in [0.717, 1.165) is 83.8 Å². The van der Waals surface area contributed by atoms with Crippen molar-refractivity contribution in [1.82, 2.24) is 19.5 Å². The van der Waals surface area contributed by atoms with E-state index in [-0.39, 0.29) is 20.1 Å². The van der Waals surface area contributed by atoms with Gasteiger partial charge in [-0.25, -0.2) is 0 Å². The average molecular weight is 915 g/mol. The second-order valence-electron chi connectivity index (χ2n) is 13.2. The van der Waals surface area contributed by atoms with Crippen molar-refractivity contribution < 1.29 is 20.1 Å². The predicted octanol–water partition coefficient (Wildman–Crippen LogP) is 13.0. The molecule has 0 aliphatic heterocycles. The van der Waals surface area contributed by atoms with E-state index in [9.17, 15) is 0 Å². The molecule has 0 aliphatic carbocycles. The Bertz CT molecular complexity index is 2770. The molecule has 4 heterocycles. The summed E-state index contributed by atoms with van der Waals surface area (Å²) in [5.74, 6) is 0.885. The molecule has 0 aliphatic rings. The van der Waals surface area contributed by atoms with Gasteiger partial charge in [0.25, 0.3) is 0 Å². The number of para-hydroxylation sites is 3. The molecule has 271 valence electrons. The molecule has 0 atom stereocenters. The van der Waals surface area contributed by atoms with Crippen molar-refractivity contribution >= 4 is 32.5 Å². The molecule has 0 N–H and O–H groups in total. The Morgan fingerprint density at radius 1 is 0.571 bits per heavy atom. The Morgan fingerprint density at radius 2 is 1.27 bits per heavy atom. The number of fused-ring (bicyclic) bond motifs is 2. The summed E-state index contributed by atoms with van der Waals surface area (Å²) in [6.45, 7) is 2.03. The van der Waals surface area contributed by atoms with E-state index in [1.807, 2.05) is 55.6 Å². The van der Waals surface area contributed by atoms with Crippen LogP contribution in [0.5, 0.6) is 0 Å². The van der Waals surface area contributed by atoms with E-state index in [0.29, 0.717) is 0 Å².